The van der Waals surface area contributed by atoms with Crippen LogP contribution in [0.3, 0.4) is 0 Å². The molecule has 6 heterocycles. The molecule has 0 radical (unpaired) electrons. The summed E-state index contributed by atoms with van der Waals surface area (Å²) in [4.78, 5) is 0. The number of benzene rings is 11. The summed E-state index contributed by atoms with van der Waals surface area (Å²) in [6.07, 6.45) is 0. The molecule has 362 valence electrons. The highest BCUT2D eigenvalue weighted by Crippen LogP contribution is 2.52. The SMILES string of the molecule is Cc1ccc2c(c1)c1ccc3oc4ccccc4c3c1n2-c1c(C#N)c(C#N)c(-n2c3ccc(C)cc3c3ccc4oc5ccccc5c4c32)c(-n2c3ccccc3c3ccccc32)c1-n1c2ccccc2c2ccccc21. The van der Waals surface area contributed by atoms with Gasteiger partial charge < -0.3 is 27.1 Å². The maximum absolute atomic E-state index is 12.6. The fourth-order valence-electron chi connectivity index (χ4n) is 13.4. The van der Waals surface area contributed by atoms with Crippen LogP contribution in [0.1, 0.15) is 22.3 Å². The lowest BCUT2D eigenvalue weighted by atomic mass is 9.98. The molecule has 0 atom stereocenters. The monoisotopic (exact) mass is 996 g/mol. The number of aryl methyl sites for hydroxylation is 2. The molecule has 11 aromatic carbocycles. The molecule has 0 aliphatic rings. The molecule has 0 N–H and O–H groups in total. The van der Waals surface area contributed by atoms with Gasteiger partial charge in [-0.3, -0.25) is 0 Å². The molecule has 0 bridgehead atoms. The second-order valence-electron chi connectivity index (χ2n) is 20.7. The van der Waals surface area contributed by atoms with Crippen molar-refractivity contribution in [2.24, 2.45) is 0 Å². The van der Waals surface area contributed by atoms with Crippen molar-refractivity contribution in [3.8, 4) is 34.9 Å². The molecular weight excluding hydrogens is 957 g/mol. The van der Waals surface area contributed by atoms with Crippen molar-refractivity contribution in [2.45, 2.75) is 13.8 Å². The Hall–Kier alpha value is -10.8. The van der Waals surface area contributed by atoms with Crippen LogP contribution in [0, 0.1) is 36.5 Å². The molecular formula is C70H40N6O2. The average molecular weight is 997 g/mol. The maximum Gasteiger partial charge on any atom is 0.137 e. The molecule has 0 fully saturated rings. The third kappa shape index (κ3) is 5.39. The Balaban J connectivity index is 1.24. The number of aromatic nitrogens is 4. The molecule has 0 aliphatic carbocycles. The zero-order valence-corrected chi connectivity index (χ0v) is 42.1. The Bertz CT molecular complexity index is 5180. The highest BCUT2D eigenvalue weighted by atomic mass is 16.3. The van der Waals surface area contributed by atoms with Gasteiger partial charge in [-0.05, 0) is 98.8 Å². The molecule has 17 aromatic rings. The minimum Gasteiger partial charge on any atom is -0.456 e. The summed E-state index contributed by atoms with van der Waals surface area (Å²) in [5.74, 6) is 0. The van der Waals surface area contributed by atoms with Gasteiger partial charge in [0.15, 0.2) is 0 Å². The second-order valence-corrected chi connectivity index (χ2v) is 20.7. The molecule has 0 saturated heterocycles. The van der Waals surface area contributed by atoms with Crippen LogP contribution in [0.4, 0.5) is 0 Å². The van der Waals surface area contributed by atoms with E-state index in [0.717, 1.165) is 154 Å². The number of hydrogen-bond acceptors (Lipinski definition) is 4. The summed E-state index contributed by atoms with van der Waals surface area (Å²) in [5, 5.41) is 37.1. The third-order valence-electron chi connectivity index (χ3n) is 16.5. The lowest BCUT2D eigenvalue weighted by molar-refractivity contribution is 0.669. The standard InChI is InChI=1S/C70H40N6O2/c1-39-27-31-57-49(35-39)45-29-33-61-63(47-19-7-13-25-59(47)77-61)65(45)75(57)67-51(37-71)52(38-72)68(76-58-32-28-40(2)36-50(58)46-30-34-62-64(66(46)76)48-20-8-14-26-60(48)78-62)70(74-55-23-11-5-17-43(55)44-18-6-12-24-56(44)74)69(67)73-53-21-9-3-15-41(53)42-16-4-10-22-54(42)73/h3-36H,1-2H3. The molecule has 8 nitrogen and oxygen atoms in total. The summed E-state index contributed by atoms with van der Waals surface area (Å²) in [6, 6.07) is 77.7. The summed E-state index contributed by atoms with van der Waals surface area (Å²) >= 11 is 0. The van der Waals surface area contributed by atoms with Gasteiger partial charge in [0.2, 0.25) is 0 Å². The fourth-order valence-corrected chi connectivity index (χ4v) is 13.4. The molecule has 6 aromatic heterocycles. The van der Waals surface area contributed by atoms with E-state index in [-0.39, 0.29) is 11.1 Å². The number of furan rings is 2. The Morgan fingerprint density at radius 1 is 0.295 bits per heavy atom. The van der Waals surface area contributed by atoms with Crippen LogP contribution in [0.25, 0.3) is 154 Å². The first-order valence-corrected chi connectivity index (χ1v) is 26.2. The van der Waals surface area contributed by atoms with Crippen LogP contribution < -0.4 is 0 Å². The predicted molar refractivity (Wildman–Crippen MR) is 317 cm³/mol. The van der Waals surface area contributed by atoms with E-state index in [2.05, 4.69) is 214 Å². The van der Waals surface area contributed by atoms with Gasteiger partial charge >= 0.3 is 0 Å². The highest BCUT2D eigenvalue weighted by molar-refractivity contribution is 6.27. The van der Waals surface area contributed by atoms with Crippen molar-refractivity contribution in [1.82, 2.24) is 18.3 Å². The fraction of sp³-hybridized carbons (Fsp3) is 0.0286. The molecule has 0 aliphatic heterocycles. The van der Waals surface area contributed by atoms with Gasteiger partial charge in [-0.1, -0.05) is 132 Å². The minimum atomic E-state index is 0.226. The highest BCUT2D eigenvalue weighted by Gasteiger charge is 2.36. The quantitative estimate of drug-likeness (QED) is 0.176. The van der Waals surface area contributed by atoms with Gasteiger partial charge in [0.25, 0.3) is 0 Å². The summed E-state index contributed by atoms with van der Waals surface area (Å²) in [6.45, 7) is 4.24. The first-order chi connectivity index (χ1) is 38.5. The van der Waals surface area contributed by atoms with Gasteiger partial charge in [-0.2, -0.15) is 10.5 Å². The molecule has 0 amide bonds. The van der Waals surface area contributed by atoms with E-state index in [0.29, 0.717) is 11.4 Å². The number of nitriles is 2. The van der Waals surface area contributed by atoms with Crippen molar-refractivity contribution < 1.29 is 8.83 Å². The zero-order chi connectivity index (χ0) is 51.7. The first kappa shape index (κ1) is 42.5. The average Bonchev–Trinajstić information content (AvgIpc) is 4.37. The number of nitrogens with zero attached hydrogens (tertiary/aromatic N) is 6. The van der Waals surface area contributed by atoms with Crippen LogP contribution in [0.15, 0.2) is 215 Å². The molecule has 17 rings (SSSR count). The van der Waals surface area contributed by atoms with Gasteiger partial charge in [-0.15, -0.1) is 0 Å². The van der Waals surface area contributed by atoms with E-state index in [1.165, 1.54) is 0 Å². The first-order valence-electron chi connectivity index (χ1n) is 26.2. The zero-order valence-electron chi connectivity index (χ0n) is 42.1. The normalized spacial score (nSPS) is 12.2. The summed E-state index contributed by atoms with van der Waals surface area (Å²) < 4.78 is 22.8. The van der Waals surface area contributed by atoms with Gasteiger partial charge in [0.05, 0.1) is 88.8 Å². The van der Waals surface area contributed by atoms with E-state index >= 15 is 0 Å². The Morgan fingerprint density at radius 3 is 1.00 bits per heavy atom. The predicted octanol–water partition coefficient (Wildman–Crippen LogP) is 18.2. The molecule has 0 spiro atoms. The van der Waals surface area contributed by atoms with E-state index in [4.69, 9.17) is 8.83 Å². The van der Waals surface area contributed by atoms with Crippen LogP contribution in [0.2, 0.25) is 0 Å². The van der Waals surface area contributed by atoms with Crippen molar-refractivity contribution in [3.63, 3.8) is 0 Å². The van der Waals surface area contributed by atoms with E-state index in [9.17, 15) is 10.5 Å². The van der Waals surface area contributed by atoms with Crippen LogP contribution in [-0.4, -0.2) is 18.3 Å². The van der Waals surface area contributed by atoms with E-state index in [1.807, 2.05) is 36.4 Å². The molecule has 0 unspecified atom stereocenters. The van der Waals surface area contributed by atoms with Gasteiger partial charge in [0.1, 0.15) is 34.5 Å². The van der Waals surface area contributed by atoms with E-state index in [1.54, 1.807) is 0 Å². The van der Waals surface area contributed by atoms with Crippen molar-refractivity contribution in [3.05, 3.63) is 229 Å². The Kier molecular flexibility index (Phi) is 8.40. The summed E-state index contributed by atoms with van der Waals surface area (Å²) in [5.41, 5.74) is 15.5. The van der Waals surface area contributed by atoms with Crippen molar-refractivity contribution >= 4 is 131 Å². The topological polar surface area (TPSA) is 93.6 Å². The van der Waals surface area contributed by atoms with Crippen LogP contribution in [-0.2, 0) is 0 Å². The van der Waals surface area contributed by atoms with Crippen molar-refractivity contribution in [1.29, 1.82) is 10.5 Å². The number of fused-ring (bicyclic) bond motifs is 20. The van der Waals surface area contributed by atoms with Gasteiger partial charge in [-0.25, -0.2) is 0 Å². The third-order valence-corrected chi connectivity index (χ3v) is 16.5. The molecule has 8 heteroatoms. The number of para-hydroxylation sites is 6. The minimum absolute atomic E-state index is 0.226. The smallest absolute Gasteiger partial charge is 0.137 e. The lowest BCUT2D eigenvalue weighted by Crippen LogP contribution is -2.17. The van der Waals surface area contributed by atoms with Crippen LogP contribution >= 0.6 is 0 Å². The van der Waals surface area contributed by atoms with Gasteiger partial charge in [0, 0.05) is 53.9 Å². The Morgan fingerprint density at radius 2 is 0.628 bits per heavy atom. The Labute approximate surface area is 443 Å². The largest absolute Gasteiger partial charge is 0.456 e. The second kappa shape index (κ2) is 15.4. The van der Waals surface area contributed by atoms with E-state index < -0.39 is 0 Å². The lowest BCUT2D eigenvalue weighted by Gasteiger charge is -2.28. The number of hydrogen-bond donors (Lipinski definition) is 0. The number of rotatable bonds is 4. The molecule has 78 heavy (non-hydrogen) atoms. The summed E-state index contributed by atoms with van der Waals surface area (Å²) in [7, 11) is 0. The van der Waals surface area contributed by atoms with Crippen molar-refractivity contribution in [2.75, 3.05) is 0 Å². The van der Waals surface area contributed by atoms with Crippen LogP contribution in [0.5, 0.6) is 0 Å². The maximum atomic E-state index is 12.6. The molecule has 0 saturated carbocycles.